The van der Waals surface area contributed by atoms with Gasteiger partial charge < -0.3 is 5.11 Å². The molecule has 94 valence electrons. The molecule has 0 aliphatic rings. The molecule has 0 saturated heterocycles. The molecule has 0 atom stereocenters. The molecule has 0 amide bonds. The highest BCUT2D eigenvalue weighted by molar-refractivity contribution is 6.02. The molecule has 18 heavy (non-hydrogen) atoms. The summed E-state index contributed by atoms with van der Waals surface area (Å²) in [6.45, 7) is 0.832. The van der Waals surface area contributed by atoms with E-state index >= 15 is 0 Å². The van der Waals surface area contributed by atoms with Crippen molar-refractivity contribution in [3.63, 3.8) is 0 Å². The van der Waals surface area contributed by atoms with Crippen molar-refractivity contribution >= 4 is 16.9 Å². The van der Waals surface area contributed by atoms with Crippen LogP contribution in [0.4, 0.5) is 8.78 Å². The summed E-state index contributed by atoms with van der Waals surface area (Å²) in [5.74, 6) is -3.91. The number of hydrogen-bond acceptors (Lipinski definition) is 2. The Kier molecular flexibility index (Phi) is 2.98. The minimum Gasteiger partial charge on any atom is -0.478 e. The van der Waals surface area contributed by atoms with E-state index in [0.717, 1.165) is 6.92 Å². The molecule has 3 nitrogen and oxygen atoms in total. The maximum Gasteiger partial charge on any atom is 0.336 e. The molecule has 0 fully saturated rings. The molecule has 0 aliphatic heterocycles. The van der Waals surface area contributed by atoms with Crippen molar-refractivity contribution < 1.29 is 18.7 Å². The first kappa shape index (κ1) is 12.4. The fourth-order valence-electron chi connectivity index (χ4n) is 1.85. The second kappa shape index (κ2) is 4.33. The Morgan fingerprint density at radius 2 is 2.11 bits per heavy atom. The number of aromatic carboxylic acids is 1. The number of hydrogen-bond donors (Lipinski definition) is 1. The van der Waals surface area contributed by atoms with E-state index in [4.69, 9.17) is 5.11 Å². The molecule has 0 saturated carbocycles. The van der Waals surface area contributed by atoms with Crippen molar-refractivity contribution in [1.82, 2.24) is 4.98 Å². The van der Waals surface area contributed by atoms with Gasteiger partial charge in [0.2, 0.25) is 5.92 Å². The Hall–Kier alpha value is -2.04. The Morgan fingerprint density at radius 3 is 2.72 bits per heavy atom. The average molecular weight is 251 g/mol. The number of carboxylic acids is 1. The lowest BCUT2D eigenvalue weighted by atomic mass is 10.0. The maximum absolute atomic E-state index is 12.9. The fourth-order valence-corrected chi connectivity index (χ4v) is 1.85. The van der Waals surface area contributed by atoms with E-state index in [2.05, 4.69) is 4.98 Å². The number of halogens is 2. The van der Waals surface area contributed by atoms with Gasteiger partial charge in [-0.3, -0.25) is 4.98 Å². The number of rotatable bonds is 3. The van der Waals surface area contributed by atoms with Gasteiger partial charge in [0, 0.05) is 18.0 Å². The zero-order chi connectivity index (χ0) is 13.3. The van der Waals surface area contributed by atoms with Crippen LogP contribution in [0.2, 0.25) is 0 Å². The van der Waals surface area contributed by atoms with Crippen LogP contribution in [0.3, 0.4) is 0 Å². The topological polar surface area (TPSA) is 50.2 Å². The molecule has 1 heterocycles. The van der Waals surface area contributed by atoms with Crippen molar-refractivity contribution in [2.24, 2.45) is 0 Å². The highest BCUT2D eigenvalue weighted by Gasteiger charge is 2.22. The summed E-state index contributed by atoms with van der Waals surface area (Å²) in [6, 6.07) is 5.92. The van der Waals surface area contributed by atoms with Crippen LogP contribution in [0, 0.1) is 0 Å². The molecule has 1 aromatic carbocycles. The zero-order valence-corrected chi connectivity index (χ0v) is 9.65. The van der Waals surface area contributed by atoms with Crippen LogP contribution in [0.25, 0.3) is 10.9 Å². The van der Waals surface area contributed by atoms with Gasteiger partial charge in [-0.1, -0.05) is 6.07 Å². The van der Waals surface area contributed by atoms with Crippen molar-refractivity contribution in [3.05, 3.63) is 41.6 Å². The predicted octanol–water partition coefficient (Wildman–Crippen LogP) is 3.13. The van der Waals surface area contributed by atoms with Gasteiger partial charge in [0.1, 0.15) is 0 Å². The van der Waals surface area contributed by atoms with Crippen molar-refractivity contribution in [2.75, 3.05) is 0 Å². The molecule has 0 aliphatic carbocycles. The number of carboxylic acid groups (broad SMARTS) is 1. The molecular formula is C13H11F2NO2. The minimum absolute atomic E-state index is 0.0706. The molecule has 0 bridgehead atoms. The highest BCUT2D eigenvalue weighted by atomic mass is 19.3. The van der Waals surface area contributed by atoms with Crippen molar-refractivity contribution in [2.45, 2.75) is 19.3 Å². The summed E-state index contributed by atoms with van der Waals surface area (Å²) in [4.78, 5) is 15.0. The van der Waals surface area contributed by atoms with E-state index in [1.54, 1.807) is 12.1 Å². The van der Waals surface area contributed by atoms with Gasteiger partial charge >= 0.3 is 5.97 Å². The van der Waals surface area contributed by atoms with Crippen LogP contribution in [-0.4, -0.2) is 22.0 Å². The second-order valence-electron chi connectivity index (χ2n) is 4.26. The van der Waals surface area contributed by atoms with Gasteiger partial charge in [-0.25, -0.2) is 13.6 Å². The average Bonchev–Trinajstić information content (AvgIpc) is 2.25. The fraction of sp³-hybridized carbons (Fsp3) is 0.231. The van der Waals surface area contributed by atoms with Crippen LogP contribution >= 0.6 is 0 Å². The number of nitrogens with zero attached hydrogens (tertiary/aromatic N) is 1. The van der Waals surface area contributed by atoms with Crippen molar-refractivity contribution in [1.29, 1.82) is 0 Å². The maximum atomic E-state index is 12.9. The summed E-state index contributed by atoms with van der Waals surface area (Å²) in [7, 11) is 0. The van der Waals surface area contributed by atoms with Gasteiger partial charge in [0.05, 0.1) is 11.1 Å². The summed E-state index contributed by atoms with van der Waals surface area (Å²) in [5.41, 5.74) is 0.949. The van der Waals surface area contributed by atoms with Gasteiger partial charge in [-0.2, -0.15) is 0 Å². The summed E-state index contributed by atoms with van der Waals surface area (Å²) < 4.78 is 25.9. The molecule has 0 radical (unpaired) electrons. The van der Waals surface area contributed by atoms with Gasteiger partial charge in [0.15, 0.2) is 0 Å². The van der Waals surface area contributed by atoms with Gasteiger partial charge in [-0.15, -0.1) is 0 Å². The molecular weight excluding hydrogens is 240 g/mol. The molecule has 1 aromatic heterocycles. The van der Waals surface area contributed by atoms with Crippen LogP contribution in [0.1, 0.15) is 22.8 Å². The second-order valence-corrected chi connectivity index (χ2v) is 4.26. The van der Waals surface area contributed by atoms with E-state index in [0.29, 0.717) is 16.5 Å². The first-order valence-corrected chi connectivity index (χ1v) is 5.35. The zero-order valence-electron chi connectivity index (χ0n) is 9.65. The van der Waals surface area contributed by atoms with E-state index in [-0.39, 0.29) is 5.56 Å². The third kappa shape index (κ3) is 2.61. The number of alkyl halides is 2. The standard InChI is InChI=1S/C13H11F2NO2/c1-13(14,15)7-8-2-3-11-10(6-8)9(12(17)18)4-5-16-11/h2-6H,7H2,1H3,(H,17,18). The van der Waals surface area contributed by atoms with Crippen LogP contribution in [0.5, 0.6) is 0 Å². The van der Waals surface area contributed by atoms with Crippen molar-refractivity contribution in [3.8, 4) is 0 Å². The third-order valence-corrected chi connectivity index (χ3v) is 2.55. The molecule has 2 aromatic rings. The highest BCUT2D eigenvalue weighted by Crippen LogP contribution is 2.23. The molecule has 0 unspecified atom stereocenters. The lowest BCUT2D eigenvalue weighted by molar-refractivity contribution is 0.0226. The van der Waals surface area contributed by atoms with Crippen LogP contribution in [-0.2, 0) is 6.42 Å². The Bertz CT molecular complexity index is 605. The van der Waals surface area contributed by atoms with E-state index < -0.39 is 18.3 Å². The number of carbonyl (C=O) groups is 1. The van der Waals surface area contributed by atoms with E-state index in [9.17, 15) is 13.6 Å². The Labute approximate surface area is 102 Å². The minimum atomic E-state index is -2.82. The smallest absolute Gasteiger partial charge is 0.336 e. The summed E-state index contributed by atoms with van der Waals surface area (Å²) >= 11 is 0. The monoisotopic (exact) mass is 251 g/mol. The van der Waals surface area contributed by atoms with E-state index in [1.807, 2.05) is 0 Å². The molecule has 2 rings (SSSR count). The molecule has 1 N–H and O–H groups in total. The lowest BCUT2D eigenvalue weighted by Crippen LogP contribution is -2.13. The first-order chi connectivity index (χ1) is 8.37. The number of benzene rings is 1. The first-order valence-electron chi connectivity index (χ1n) is 5.35. The molecule has 0 spiro atoms. The molecule has 5 heteroatoms. The van der Waals surface area contributed by atoms with E-state index in [1.165, 1.54) is 18.3 Å². The van der Waals surface area contributed by atoms with Crippen LogP contribution in [0.15, 0.2) is 30.5 Å². The quantitative estimate of drug-likeness (QED) is 0.911. The Morgan fingerprint density at radius 1 is 1.39 bits per heavy atom. The summed E-state index contributed by atoms with van der Waals surface area (Å²) in [6.07, 6.45) is 0.969. The largest absolute Gasteiger partial charge is 0.478 e. The summed E-state index contributed by atoms with van der Waals surface area (Å²) in [5, 5.41) is 9.41. The van der Waals surface area contributed by atoms with Gasteiger partial charge in [0.25, 0.3) is 0 Å². The third-order valence-electron chi connectivity index (χ3n) is 2.55. The number of aromatic nitrogens is 1. The number of pyridine rings is 1. The number of fused-ring (bicyclic) bond motifs is 1. The SMILES string of the molecule is CC(F)(F)Cc1ccc2nccc(C(=O)O)c2c1. The normalized spacial score (nSPS) is 11.7. The van der Waals surface area contributed by atoms with Gasteiger partial charge in [-0.05, 0) is 30.7 Å². The predicted molar refractivity (Wildman–Crippen MR) is 63.0 cm³/mol. The Balaban J connectivity index is 2.55. The van der Waals surface area contributed by atoms with Crippen LogP contribution < -0.4 is 0 Å². The lowest BCUT2D eigenvalue weighted by Gasteiger charge is -2.11.